The van der Waals surface area contributed by atoms with Gasteiger partial charge in [0, 0.05) is 22.5 Å². The van der Waals surface area contributed by atoms with Crippen LogP contribution in [0, 0.1) is 0 Å². The van der Waals surface area contributed by atoms with Crippen LogP contribution in [0.25, 0.3) is 10.9 Å². The lowest BCUT2D eigenvalue weighted by atomic mass is 10.2. The molecule has 2 N–H and O–H groups in total. The maximum Gasteiger partial charge on any atom is 0.117 e. The summed E-state index contributed by atoms with van der Waals surface area (Å²) < 4.78 is 0. The number of para-hydroxylation sites is 1. The minimum Gasteiger partial charge on any atom is -0.323 e. The van der Waals surface area contributed by atoms with Gasteiger partial charge < -0.3 is 5.73 Å². The highest BCUT2D eigenvalue weighted by molar-refractivity contribution is 7.99. The van der Waals surface area contributed by atoms with E-state index >= 15 is 0 Å². The number of nitrogens with zero attached hydrogens (tertiary/aromatic N) is 3. The van der Waals surface area contributed by atoms with Gasteiger partial charge in [0.05, 0.1) is 11.2 Å². The molecule has 0 radical (unpaired) electrons. The van der Waals surface area contributed by atoms with Crippen LogP contribution in [0.15, 0.2) is 58.8 Å². The Kier molecular flexibility index (Phi) is 3.62. The first-order valence-electron chi connectivity index (χ1n) is 6.33. The molecular formula is C15H14N4S. The molecule has 0 saturated heterocycles. The van der Waals surface area contributed by atoms with Crippen molar-refractivity contribution in [1.29, 1.82) is 0 Å². The van der Waals surface area contributed by atoms with Crippen molar-refractivity contribution >= 4 is 22.7 Å². The zero-order valence-electron chi connectivity index (χ0n) is 11.0. The summed E-state index contributed by atoms with van der Waals surface area (Å²) in [6.45, 7) is 1.92. The van der Waals surface area contributed by atoms with E-state index in [-0.39, 0.29) is 6.04 Å². The van der Waals surface area contributed by atoms with E-state index in [2.05, 4.69) is 15.0 Å². The van der Waals surface area contributed by atoms with E-state index < -0.39 is 0 Å². The van der Waals surface area contributed by atoms with E-state index in [1.165, 1.54) is 0 Å². The smallest absolute Gasteiger partial charge is 0.117 e. The summed E-state index contributed by atoms with van der Waals surface area (Å²) in [7, 11) is 0. The van der Waals surface area contributed by atoms with Gasteiger partial charge in [0.25, 0.3) is 0 Å². The van der Waals surface area contributed by atoms with Gasteiger partial charge in [0.1, 0.15) is 11.4 Å². The third-order valence-electron chi connectivity index (χ3n) is 2.95. The average Bonchev–Trinajstić information content (AvgIpc) is 2.48. The third kappa shape index (κ3) is 2.64. The van der Waals surface area contributed by atoms with Crippen molar-refractivity contribution in [2.24, 2.45) is 5.73 Å². The van der Waals surface area contributed by atoms with Crippen molar-refractivity contribution in [2.75, 3.05) is 0 Å². The van der Waals surface area contributed by atoms with Crippen molar-refractivity contribution in [3.05, 3.63) is 54.6 Å². The van der Waals surface area contributed by atoms with E-state index in [1.54, 1.807) is 18.1 Å². The molecule has 0 fully saturated rings. The molecule has 3 rings (SSSR count). The molecular weight excluding hydrogens is 268 g/mol. The molecule has 0 spiro atoms. The molecule has 1 unspecified atom stereocenters. The topological polar surface area (TPSA) is 64.7 Å². The van der Waals surface area contributed by atoms with Crippen molar-refractivity contribution in [2.45, 2.75) is 22.9 Å². The lowest BCUT2D eigenvalue weighted by Gasteiger charge is -2.06. The van der Waals surface area contributed by atoms with Crippen molar-refractivity contribution in [1.82, 2.24) is 15.0 Å². The maximum absolute atomic E-state index is 5.80. The van der Waals surface area contributed by atoms with E-state index in [1.807, 2.05) is 49.5 Å². The quantitative estimate of drug-likeness (QED) is 0.747. The Morgan fingerprint density at radius 1 is 1.05 bits per heavy atom. The lowest BCUT2D eigenvalue weighted by Crippen LogP contribution is -2.06. The van der Waals surface area contributed by atoms with Gasteiger partial charge in [0.15, 0.2) is 0 Å². The molecule has 0 aliphatic rings. The predicted molar refractivity (Wildman–Crippen MR) is 80.5 cm³/mol. The zero-order chi connectivity index (χ0) is 13.9. The van der Waals surface area contributed by atoms with Crippen molar-refractivity contribution in [3.8, 4) is 0 Å². The number of hydrogen-bond donors (Lipinski definition) is 1. The number of hydrogen-bond acceptors (Lipinski definition) is 5. The largest absolute Gasteiger partial charge is 0.323 e. The molecule has 0 aliphatic heterocycles. The predicted octanol–water partition coefficient (Wildman–Crippen LogP) is 3.20. The SMILES string of the molecule is CC(N)c1ccc(Sc2ncnc3ccccc23)cn1. The maximum atomic E-state index is 5.80. The number of benzene rings is 1. The van der Waals surface area contributed by atoms with Gasteiger partial charge in [-0.2, -0.15) is 0 Å². The first-order valence-corrected chi connectivity index (χ1v) is 7.15. The highest BCUT2D eigenvalue weighted by Crippen LogP contribution is 2.30. The van der Waals surface area contributed by atoms with E-state index in [0.717, 1.165) is 26.5 Å². The molecule has 20 heavy (non-hydrogen) atoms. The fourth-order valence-electron chi connectivity index (χ4n) is 1.89. The van der Waals surface area contributed by atoms with Gasteiger partial charge >= 0.3 is 0 Å². The van der Waals surface area contributed by atoms with E-state index in [9.17, 15) is 0 Å². The molecule has 3 aromatic rings. The fraction of sp³-hybridized carbons (Fsp3) is 0.133. The standard InChI is InChI=1S/C15H14N4S/c1-10(16)13-7-6-11(8-17-13)20-15-12-4-2-3-5-14(12)18-9-19-15/h2-10H,16H2,1H3. The molecule has 0 bridgehead atoms. The molecule has 5 heteroatoms. The van der Waals surface area contributed by atoms with Gasteiger partial charge in [-0.05, 0) is 25.1 Å². The number of nitrogens with two attached hydrogens (primary N) is 1. The zero-order valence-corrected chi connectivity index (χ0v) is 11.8. The summed E-state index contributed by atoms with van der Waals surface area (Å²) in [6.07, 6.45) is 3.43. The summed E-state index contributed by atoms with van der Waals surface area (Å²) >= 11 is 1.58. The van der Waals surface area contributed by atoms with Crippen LogP contribution in [0.5, 0.6) is 0 Å². The number of rotatable bonds is 3. The van der Waals surface area contributed by atoms with Gasteiger partial charge in [-0.1, -0.05) is 30.0 Å². The highest BCUT2D eigenvalue weighted by Gasteiger charge is 2.06. The molecule has 0 saturated carbocycles. The summed E-state index contributed by atoms with van der Waals surface area (Å²) in [6, 6.07) is 11.9. The second-order valence-electron chi connectivity index (χ2n) is 4.51. The van der Waals surface area contributed by atoms with E-state index in [0.29, 0.717) is 0 Å². The molecule has 1 atom stereocenters. The minimum atomic E-state index is -0.0473. The number of fused-ring (bicyclic) bond motifs is 1. The van der Waals surface area contributed by atoms with Crippen LogP contribution >= 0.6 is 11.8 Å². The van der Waals surface area contributed by atoms with E-state index in [4.69, 9.17) is 5.73 Å². The fourth-order valence-corrected chi connectivity index (χ4v) is 2.74. The van der Waals surface area contributed by atoms with Crippen molar-refractivity contribution < 1.29 is 0 Å². The first kappa shape index (κ1) is 13.0. The molecule has 1 aromatic carbocycles. The minimum absolute atomic E-state index is 0.0473. The summed E-state index contributed by atoms with van der Waals surface area (Å²) in [5.41, 5.74) is 7.64. The molecule has 2 heterocycles. The molecule has 2 aromatic heterocycles. The van der Waals surface area contributed by atoms with Crippen molar-refractivity contribution in [3.63, 3.8) is 0 Å². The Morgan fingerprint density at radius 2 is 1.90 bits per heavy atom. The van der Waals surface area contributed by atoms with Gasteiger partial charge in [-0.25, -0.2) is 9.97 Å². The van der Waals surface area contributed by atoms with Crippen LogP contribution in [0.1, 0.15) is 18.7 Å². The van der Waals surface area contributed by atoms with Crippen LogP contribution in [-0.4, -0.2) is 15.0 Å². The Labute approximate surface area is 121 Å². The number of aromatic nitrogens is 3. The molecule has 4 nitrogen and oxygen atoms in total. The van der Waals surface area contributed by atoms with Gasteiger partial charge in [0.2, 0.25) is 0 Å². The van der Waals surface area contributed by atoms with Crippen LogP contribution < -0.4 is 5.73 Å². The summed E-state index contributed by atoms with van der Waals surface area (Å²) in [5.74, 6) is 0. The second-order valence-corrected chi connectivity index (χ2v) is 5.57. The van der Waals surface area contributed by atoms with Crippen LogP contribution in [0.4, 0.5) is 0 Å². The molecule has 0 aliphatic carbocycles. The van der Waals surface area contributed by atoms with Gasteiger partial charge in [-0.3, -0.25) is 4.98 Å². The van der Waals surface area contributed by atoms with Crippen LogP contribution in [-0.2, 0) is 0 Å². The van der Waals surface area contributed by atoms with Crippen LogP contribution in [0.3, 0.4) is 0 Å². The summed E-state index contributed by atoms with van der Waals surface area (Å²) in [4.78, 5) is 14.0. The molecule has 100 valence electrons. The third-order valence-corrected chi connectivity index (χ3v) is 3.94. The molecule has 0 amide bonds. The Hall–Kier alpha value is -1.98. The van der Waals surface area contributed by atoms with Crippen LogP contribution in [0.2, 0.25) is 0 Å². The lowest BCUT2D eigenvalue weighted by molar-refractivity contribution is 0.777. The normalized spacial score (nSPS) is 12.5. The number of pyridine rings is 1. The Morgan fingerprint density at radius 3 is 2.65 bits per heavy atom. The highest BCUT2D eigenvalue weighted by atomic mass is 32.2. The monoisotopic (exact) mass is 282 g/mol. The first-order chi connectivity index (χ1) is 9.74. The Balaban J connectivity index is 1.93. The second kappa shape index (κ2) is 5.56. The average molecular weight is 282 g/mol. The van der Waals surface area contributed by atoms with Gasteiger partial charge in [-0.15, -0.1) is 0 Å². The summed E-state index contributed by atoms with van der Waals surface area (Å²) in [5, 5.41) is 1.99. The Bertz CT molecular complexity index is 720.